The highest BCUT2D eigenvalue weighted by Crippen LogP contribution is 2.39. The topological polar surface area (TPSA) is 12.5 Å². The first kappa shape index (κ1) is 12.5. The Kier molecular flexibility index (Phi) is 3.92. The Morgan fingerprint density at radius 2 is 2.28 bits per heavy atom. The number of benzene rings is 1. The molecule has 0 aromatic heterocycles. The molecule has 0 amide bonds. The van der Waals surface area contributed by atoms with Crippen molar-refractivity contribution >= 4 is 11.8 Å². The van der Waals surface area contributed by atoms with Crippen molar-refractivity contribution in [2.75, 3.05) is 32.0 Å². The number of fused-ring (bicyclic) bond motifs is 1. The van der Waals surface area contributed by atoms with E-state index in [0.717, 1.165) is 26.1 Å². The zero-order valence-corrected chi connectivity index (χ0v) is 11.8. The minimum Gasteiger partial charge on any atom is -0.376 e. The summed E-state index contributed by atoms with van der Waals surface area (Å²) >= 11 is 2.01. The molecular formula is C15H21NOS. The summed E-state index contributed by atoms with van der Waals surface area (Å²) < 4.78 is 5.74. The third-order valence-corrected chi connectivity index (χ3v) is 5.21. The van der Waals surface area contributed by atoms with Crippen LogP contribution in [0.2, 0.25) is 0 Å². The van der Waals surface area contributed by atoms with Gasteiger partial charge in [-0.15, -0.1) is 11.8 Å². The van der Waals surface area contributed by atoms with Crippen molar-refractivity contribution in [3.63, 3.8) is 0 Å². The third kappa shape index (κ3) is 2.58. The van der Waals surface area contributed by atoms with Gasteiger partial charge in [-0.25, -0.2) is 0 Å². The van der Waals surface area contributed by atoms with E-state index in [4.69, 9.17) is 4.74 Å². The lowest BCUT2D eigenvalue weighted by atomic mass is 10.0. The molecule has 0 aliphatic carbocycles. The molecule has 0 N–H and O–H groups in total. The summed E-state index contributed by atoms with van der Waals surface area (Å²) in [6.45, 7) is 6.53. The van der Waals surface area contributed by atoms with Gasteiger partial charge in [0.05, 0.1) is 12.7 Å². The average Bonchev–Trinajstić information content (AvgIpc) is 2.83. The van der Waals surface area contributed by atoms with E-state index in [1.807, 2.05) is 11.8 Å². The van der Waals surface area contributed by atoms with Crippen LogP contribution in [-0.4, -0.2) is 43.0 Å². The molecule has 2 atom stereocenters. The highest BCUT2D eigenvalue weighted by molar-refractivity contribution is 7.99. The summed E-state index contributed by atoms with van der Waals surface area (Å²) in [5.74, 6) is 1.95. The highest BCUT2D eigenvalue weighted by Gasteiger charge is 2.27. The summed E-state index contributed by atoms with van der Waals surface area (Å²) in [5, 5.41) is 0. The predicted molar refractivity (Wildman–Crippen MR) is 76.4 cm³/mol. The Bertz CT molecular complexity index is 409. The van der Waals surface area contributed by atoms with Crippen LogP contribution in [0.15, 0.2) is 29.2 Å². The lowest BCUT2D eigenvalue weighted by molar-refractivity contribution is -0.0307. The van der Waals surface area contributed by atoms with Crippen LogP contribution in [0.5, 0.6) is 0 Å². The fraction of sp³-hybridized carbons (Fsp3) is 0.600. The molecule has 0 radical (unpaired) electrons. The van der Waals surface area contributed by atoms with Gasteiger partial charge < -0.3 is 4.74 Å². The highest BCUT2D eigenvalue weighted by atomic mass is 32.2. The average molecular weight is 263 g/mol. The number of ether oxygens (including phenoxy) is 1. The van der Waals surface area contributed by atoms with Gasteiger partial charge >= 0.3 is 0 Å². The van der Waals surface area contributed by atoms with Crippen LogP contribution in [0.1, 0.15) is 24.8 Å². The van der Waals surface area contributed by atoms with Crippen molar-refractivity contribution in [3.05, 3.63) is 29.8 Å². The molecule has 18 heavy (non-hydrogen) atoms. The van der Waals surface area contributed by atoms with E-state index in [1.54, 1.807) is 5.56 Å². The Hall–Kier alpha value is -0.510. The molecule has 3 heteroatoms. The first-order chi connectivity index (χ1) is 8.86. The third-order valence-electron chi connectivity index (χ3n) is 3.96. The molecule has 2 unspecified atom stereocenters. The van der Waals surface area contributed by atoms with Crippen molar-refractivity contribution in [2.45, 2.75) is 30.3 Å². The van der Waals surface area contributed by atoms with Crippen LogP contribution < -0.4 is 0 Å². The minimum absolute atomic E-state index is 0.447. The molecule has 3 rings (SSSR count). The number of rotatable bonds is 3. The molecule has 2 aliphatic heterocycles. The second kappa shape index (κ2) is 5.64. The van der Waals surface area contributed by atoms with Crippen LogP contribution in [0.3, 0.4) is 0 Å². The smallest absolute Gasteiger partial charge is 0.0700 e. The van der Waals surface area contributed by atoms with Crippen LogP contribution in [0.25, 0.3) is 0 Å². The molecule has 2 nitrogen and oxygen atoms in total. The summed E-state index contributed by atoms with van der Waals surface area (Å²) in [4.78, 5) is 4.08. The Morgan fingerprint density at radius 3 is 3.17 bits per heavy atom. The number of hydrogen-bond acceptors (Lipinski definition) is 3. The number of nitrogens with zero attached hydrogens (tertiary/aromatic N) is 1. The van der Waals surface area contributed by atoms with E-state index in [0.29, 0.717) is 12.0 Å². The van der Waals surface area contributed by atoms with Crippen LogP contribution in [0.4, 0.5) is 0 Å². The van der Waals surface area contributed by atoms with E-state index in [-0.39, 0.29) is 0 Å². The van der Waals surface area contributed by atoms with Gasteiger partial charge in [-0.05, 0) is 18.1 Å². The molecule has 1 aromatic rings. The van der Waals surface area contributed by atoms with E-state index in [9.17, 15) is 0 Å². The normalized spacial score (nSPS) is 28.3. The molecule has 1 aromatic carbocycles. The van der Waals surface area contributed by atoms with Gasteiger partial charge in [-0.1, -0.05) is 25.1 Å². The maximum Gasteiger partial charge on any atom is 0.0700 e. The van der Waals surface area contributed by atoms with Crippen molar-refractivity contribution in [1.29, 1.82) is 0 Å². The van der Waals surface area contributed by atoms with Gasteiger partial charge in [-0.3, -0.25) is 4.90 Å². The lowest BCUT2D eigenvalue weighted by Crippen LogP contribution is -2.43. The summed E-state index contributed by atoms with van der Waals surface area (Å²) in [6, 6.07) is 8.88. The Morgan fingerprint density at radius 1 is 1.39 bits per heavy atom. The van der Waals surface area contributed by atoms with Crippen LogP contribution in [-0.2, 0) is 4.74 Å². The Balaban J connectivity index is 1.64. The summed E-state index contributed by atoms with van der Waals surface area (Å²) in [6.07, 6.45) is 1.58. The van der Waals surface area contributed by atoms with Crippen molar-refractivity contribution in [2.24, 2.45) is 0 Å². The lowest BCUT2D eigenvalue weighted by Gasteiger charge is -2.34. The SMILES string of the molecule is CCC1CN(CC2CSc3ccccc32)CCO1. The van der Waals surface area contributed by atoms with Gasteiger partial charge in [0, 0.05) is 36.2 Å². The van der Waals surface area contributed by atoms with E-state index in [1.165, 1.54) is 17.2 Å². The maximum absolute atomic E-state index is 5.74. The second-order valence-corrected chi connectivity index (χ2v) is 6.27. The maximum atomic E-state index is 5.74. The second-order valence-electron chi connectivity index (χ2n) is 5.21. The van der Waals surface area contributed by atoms with Gasteiger partial charge in [0.1, 0.15) is 0 Å². The van der Waals surface area contributed by atoms with Gasteiger partial charge in [-0.2, -0.15) is 0 Å². The fourth-order valence-electron chi connectivity index (χ4n) is 2.89. The van der Waals surface area contributed by atoms with E-state index >= 15 is 0 Å². The largest absolute Gasteiger partial charge is 0.376 e. The monoisotopic (exact) mass is 263 g/mol. The molecule has 98 valence electrons. The van der Waals surface area contributed by atoms with Gasteiger partial charge in [0.15, 0.2) is 0 Å². The quantitative estimate of drug-likeness (QED) is 0.832. The van der Waals surface area contributed by atoms with Crippen LogP contribution >= 0.6 is 11.8 Å². The number of morpholine rings is 1. The van der Waals surface area contributed by atoms with Crippen LogP contribution in [0, 0.1) is 0 Å². The molecule has 0 saturated carbocycles. The number of hydrogen-bond donors (Lipinski definition) is 0. The zero-order valence-electron chi connectivity index (χ0n) is 11.0. The molecule has 2 heterocycles. The standard InChI is InChI=1S/C15H21NOS/c1-2-13-10-16(7-8-17-13)9-12-11-18-15-6-4-3-5-14(12)15/h3-6,12-13H,2,7-11H2,1H3. The van der Waals surface area contributed by atoms with Crippen molar-refractivity contribution in [3.8, 4) is 0 Å². The zero-order chi connectivity index (χ0) is 12.4. The predicted octanol–water partition coefficient (Wildman–Crippen LogP) is 2.99. The van der Waals surface area contributed by atoms with Gasteiger partial charge in [0.25, 0.3) is 0 Å². The first-order valence-electron chi connectivity index (χ1n) is 6.92. The van der Waals surface area contributed by atoms with Crippen molar-refractivity contribution in [1.82, 2.24) is 4.90 Å². The molecule has 1 saturated heterocycles. The molecule has 0 spiro atoms. The number of thioether (sulfide) groups is 1. The summed E-state index contributed by atoms with van der Waals surface area (Å²) in [7, 11) is 0. The fourth-order valence-corrected chi connectivity index (χ4v) is 4.13. The molecule has 1 fully saturated rings. The molecule has 0 bridgehead atoms. The molecular weight excluding hydrogens is 242 g/mol. The Labute approximate surface area is 114 Å². The first-order valence-corrected chi connectivity index (χ1v) is 7.91. The van der Waals surface area contributed by atoms with Crippen molar-refractivity contribution < 1.29 is 4.74 Å². The molecule has 2 aliphatic rings. The summed E-state index contributed by atoms with van der Waals surface area (Å²) in [5.41, 5.74) is 1.56. The minimum atomic E-state index is 0.447. The van der Waals surface area contributed by atoms with E-state index in [2.05, 4.69) is 36.1 Å². The van der Waals surface area contributed by atoms with E-state index < -0.39 is 0 Å². The van der Waals surface area contributed by atoms with Gasteiger partial charge in [0.2, 0.25) is 0 Å².